The van der Waals surface area contributed by atoms with Gasteiger partial charge in [0, 0.05) is 29.5 Å². The second-order valence-electron chi connectivity index (χ2n) is 7.90. The van der Waals surface area contributed by atoms with Gasteiger partial charge in [-0.05, 0) is 50.1 Å². The smallest absolute Gasteiger partial charge is 0.348 e. The van der Waals surface area contributed by atoms with Gasteiger partial charge in [0.1, 0.15) is 28.3 Å². The SMILES string of the molecule is Cc1cccc(-c2nccc(Nc3ccnc(Nc4csc(C(=O)O[C@H]5C[C@H](N)C5)c4)n3)n2)n1. The molecule has 4 heterocycles. The van der Waals surface area contributed by atoms with Gasteiger partial charge in [0.15, 0.2) is 5.82 Å². The number of aromatic nitrogens is 5. The molecule has 4 N–H and O–H groups in total. The molecule has 5 rings (SSSR count). The number of hydrogen-bond acceptors (Lipinski definition) is 11. The van der Waals surface area contributed by atoms with Gasteiger partial charge >= 0.3 is 5.97 Å². The lowest BCUT2D eigenvalue weighted by molar-refractivity contribution is 0.00375. The van der Waals surface area contributed by atoms with Crippen LogP contribution in [0.15, 0.2) is 54.2 Å². The van der Waals surface area contributed by atoms with E-state index in [1.54, 1.807) is 30.6 Å². The Kier molecular flexibility index (Phi) is 6.11. The highest BCUT2D eigenvalue weighted by atomic mass is 32.1. The summed E-state index contributed by atoms with van der Waals surface area (Å²) in [5, 5.41) is 8.10. The van der Waals surface area contributed by atoms with E-state index in [2.05, 4.69) is 35.6 Å². The van der Waals surface area contributed by atoms with E-state index < -0.39 is 0 Å². The summed E-state index contributed by atoms with van der Waals surface area (Å²) in [6.07, 6.45) is 4.63. The van der Waals surface area contributed by atoms with Crippen LogP contribution < -0.4 is 16.4 Å². The summed E-state index contributed by atoms with van der Waals surface area (Å²) >= 11 is 1.30. The molecule has 0 saturated heterocycles. The maximum absolute atomic E-state index is 12.3. The Bertz CT molecular complexity index is 1320. The Morgan fingerprint density at radius 2 is 1.85 bits per heavy atom. The first-order chi connectivity index (χ1) is 16.5. The number of nitrogens with two attached hydrogens (primary N) is 1. The number of ether oxygens (including phenoxy) is 1. The molecular weight excluding hydrogens is 452 g/mol. The Balaban J connectivity index is 1.24. The number of hydrogen-bond donors (Lipinski definition) is 3. The van der Waals surface area contributed by atoms with Crippen LogP contribution in [0.1, 0.15) is 28.2 Å². The Labute approximate surface area is 199 Å². The molecule has 172 valence electrons. The van der Waals surface area contributed by atoms with E-state index in [-0.39, 0.29) is 18.1 Å². The van der Waals surface area contributed by atoms with Crippen molar-refractivity contribution in [3.63, 3.8) is 0 Å². The second-order valence-corrected chi connectivity index (χ2v) is 8.81. The molecule has 4 aromatic heterocycles. The Hall–Kier alpha value is -3.96. The Morgan fingerprint density at radius 3 is 2.65 bits per heavy atom. The fourth-order valence-corrected chi connectivity index (χ4v) is 4.11. The van der Waals surface area contributed by atoms with Crippen molar-refractivity contribution in [2.45, 2.75) is 31.9 Å². The zero-order valence-corrected chi connectivity index (χ0v) is 19.1. The van der Waals surface area contributed by atoms with Gasteiger partial charge in [0.05, 0.1) is 5.69 Å². The molecule has 0 bridgehead atoms. The minimum absolute atomic E-state index is 0.0869. The highest BCUT2D eigenvalue weighted by Crippen LogP contribution is 2.27. The third-order valence-corrected chi connectivity index (χ3v) is 6.06. The van der Waals surface area contributed by atoms with E-state index in [0.29, 0.717) is 52.5 Å². The average Bonchev–Trinajstić information content (AvgIpc) is 3.27. The van der Waals surface area contributed by atoms with Crippen molar-refractivity contribution in [3.8, 4) is 11.5 Å². The molecule has 1 saturated carbocycles. The molecule has 10 nitrogen and oxygen atoms in total. The maximum Gasteiger partial charge on any atom is 0.348 e. The molecule has 11 heteroatoms. The minimum atomic E-state index is -0.339. The van der Waals surface area contributed by atoms with E-state index in [0.717, 1.165) is 5.69 Å². The number of rotatable bonds is 7. The molecule has 0 unspecified atom stereocenters. The number of carbonyl (C=O) groups excluding carboxylic acids is 1. The van der Waals surface area contributed by atoms with Gasteiger partial charge in [-0.25, -0.2) is 24.7 Å². The van der Waals surface area contributed by atoms with Crippen molar-refractivity contribution in [2.24, 2.45) is 5.73 Å². The summed E-state index contributed by atoms with van der Waals surface area (Å²) < 4.78 is 5.45. The van der Waals surface area contributed by atoms with Crippen LogP contribution in [-0.2, 0) is 4.74 Å². The number of esters is 1. The van der Waals surface area contributed by atoms with E-state index in [1.165, 1.54) is 11.3 Å². The quantitative estimate of drug-likeness (QED) is 0.338. The van der Waals surface area contributed by atoms with E-state index in [9.17, 15) is 4.79 Å². The van der Waals surface area contributed by atoms with Crippen LogP contribution in [0.4, 0.5) is 23.3 Å². The summed E-state index contributed by atoms with van der Waals surface area (Å²) in [5.41, 5.74) is 8.04. The fourth-order valence-electron chi connectivity index (χ4n) is 3.39. The molecule has 0 amide bonds. The fraction of sp³-hybridized carbons (Fsp3) is 0.217. The van der Waals surface area contributed by atoms with Crippen LogP contribution >= 0.6 is 11.3 Å². The van der Waals surface area contributed by atoms with Gasteiger partial charge in [0.2, 0.25) is 5.95 Å². The molecule has 1 aliphatic carbocycles. The first kappa shape index (κ1) is 21.9. The topological polar surface area (TPSA) is 141 Å². The number of nitrogens with one attached hydrogen (secondary N) is 2. The standard InChI is InChI=1S/C23H22N8O2S/c1-13-3-2-4-17(27-13)21-25-7-5-19(30-21)29-20-6-8-26-23(31-20)28-15-11-18(34-12-15)22(32)33-16-9-14(24)10-16/h2-8,11-12,14,16H,9-10,24H2,1H3,(H2,25,26,28,29,30,31)/t14-,16-. The summed E-state index contributed by atoms with van der Waals surface area (Å²) in [6, 6.07) is 11.0. The number of aryl methyl sites for hydroxylation is 1. The first-order valence-corrected chi connectivity index (χ1v) is 11.6. The molecule has 1 fully saturated rings. The summed E-state index contributed by atoms with van der Waals surface area (Å²) in [6.45, 7) is 1.92. The van der Waals surface area contributed by atoms with Crippen molar-refractivity contribution in [1.82, 2.24) is 24.9 Å². The molecular formula is C23H22N8O2S. The van der Waals surface area contributed by atoms with Crippen molar-refractivity contribution in [1.29, 1.82) is 0 Å². The van der Waals surface area contributed by atoms with Gasteiger partial charge in [-0.3, -0.25) is 0 Å². The maximum atomic E-state index is 12.3. The third-order valence-electron chi connectivity index (χ3n) is 5.15. The number of nitrogens with zero attached hydrogens (tertiary/aromatic N) is 5. The number of carbonyl (C=O) groups is 1. The molecule has 1 aliphatic rings. The van der Waals surface area contributed by atoms with Crippen LogP contribution in [0.5, 0.6) is 0 Å². The second kappa shape index (κ2) is 9.49. The molecule has 34 heavy (non-hydrogen) atoms. The van der Waals surface area contributed by atoms with Crippen LogP contribution in [0.3, 0.4) is 0 Å². The largest absolute Gasteiger partial charge is 0.458 e. The molecule has 0 aliphatic heterocycles. The monoisotopic (exact) mass is 474 g/mol. The lowest BCUT2D eigenvalue weighted by Gasteiger charge is -2.31. The molecule has 0 spiro atoms. The highest BCUT2D eigenvalue weighted by Gasteiger charge is 2.30. The summed E-state index contributed by atoms with van der Waals surface area (Å²) in [4.78, 5) is 34.8. The molecule has 0 radical (unpaired) electrons. The van der Waals surface area contributed by atoms with Gasteiger partial charge in [0.25, 0.3) is 0 Å². The van der Waals surface area contributed by atoms with E-state index in [1.807, 2.05) is 30.5 Å². The molecule has 4 aromatic rings. The lowest BCUT2D eigenvalue weighted by Crippen LogP contribution is -2.42. The highest BCUT2D eigenvalue weighted by molar-refractivity contribution is 7.12. The third kappa shape index (κ3) is 5.16. The summed E-state index contributed by atoms with van der Waals surface area (Å²) in [7, 11) is 0. The predicted octanol–water partition coefficient (Wildman–Crippen LogP) is 3.83. The van der Waals surface area contributed by atoms with Gasteiger partial charge < -0.3 is 21.1 Å². The zero-order chi connectivity index (χ0) is 23.5. The minimum Gasteiger partial charge on any atom is -0.458 e. The van der Waals surface area contributed by atoms with Crippen LogP contribution in [0, 0.1) is 6.92 Å². The van der Waals surface area contributed by atoms with Crippen molar-refractivity contribution >= 4 is 40.6 Å². The van der Waals surface area contributed by atoms with Crippen LogP contribution in [0.25, 0.3) is 11.5 Å². The number of anilines is 4. The van der Waals surface area contributed by atoms with E-state index >= 15 is 0 Å². The summed E-state index contributed by atoms with van der Waals surface area (Å²) in [5.74, 6) is 1.68. The van der Waals surface area contributed by atoms with Gasteiger partial charge in [-0.2, -0.15) is 4.98 Å². The average molecular weight is 475 g/mol. The number of thiophene rings is 1. The zero-order valence-electron chi connectivity index (χ0n) is 18.3. The lowest BCUT2D eigenvalue weighted by atomic mass is 9.90. The van der Waals surface area contributed by atoms with Gasteiger partial charge in [-0.1, -0.05) is 6.07 Å². The normalized spacial score (nSPS) is 17.0. The Morgan fingerprint density at radius 1 is 1.06 bits per heavy atom. The molecule has 0 atom stereocenters. The van der Waals surface area contributed by atoms with Crippen molar-refractivity contribution in [3.05, 3.63) is 64.7 Å². The van der Waals surface area contributed by atoms with Crippen molar-refractivity contribution < 1.29 is 9.53 Å². The predicted molar refractivity (Wildman–Crippen MR) is 129 cm³/mol. The van der Waals surface area contributed by atoms with Crippen LogP contribution in [0.2, 0.25) is 0 Å². The van der Waals surface area contributed by atoms with Gasteiger partial charge in [-0.15, -0.1) is 11.3 Å². The first-order valence-electron chi connectivity index (χ1n) is 10.7. The van der Waals surface area contributed by atoms with Crippen molar-refractivity contribution in [2.75, 3.05) is 10.6 Å². The number of pyridine rings is 1. The van der Waals surface area contributed by atoms with E-state index in [4.69, 9.17) is 10.5 Å². The van der Waals surface area contributed by atoms with Crippen LogP contribution in [-0.4, -0.2) is 43.0 Å². The molecule has 0 aromatic carbocycles.